The van der Waals surface area contributed by atoms with Crippen molar-refractivity contribution in [2.45, 2.75) is 43.7 Å². The molecule has 1 aromatic rings. The molecule has 0 heterocycles. The van der Waals surface area contributed by atoms with Crippen LogP contribution in [-0.2, 0) is 5.41 Å². The second-order valence-electron chi connectivity index (χ2n) is 4.98. The predicted octanol–water partition coefficient (Wildman–Crippen LogP) is 2.74. The Morgan fingerprint density at radius 3 is 2.25 bits per heavy atom. The smallest absolute Gasteiger partial charge is 0.103 e. The van der Waals surface area contributed by atoms with Gasteiger partial charge < -0.3 is 10.8 Å². The fourth-order valence-electron chi connectivity index (χ4n) is 1.35. The maximum Gasteiger partial charge on any atom is 0.103 e. The number of hydrogen-bond donors (Lipinski definition) is 2. The Labute approximate surface area is 102 Å². The van der Waals surface area contributed by atoms with Crippen LogP contribution in [0.4, 0.5) is 0 Å². The summed E-state index contributed by atoms with van der Waals surface area (Å²) in [5.74, 6) is 0.854. The van der Waals surface area contributed by atoms with Gasteiger partial charge in [-0.25, -0.2) is 0 Å². The summed E-state index contributed by atoms with van der Waals surface area (Å²) >= 11 is 1.73. The molecule has 0 radical (unpaired) electrons. The lowest BCUT2D eigenvalue weighted by Crippen LogP contribution is -2.18. The molecule has 0 aromatic heterocycles. The molecule has 0 amide bonds. The minimum atomic E-state index is -0.693. The van der Waals surface area contributed by atoms with E-state index in [-0.39, 0.29) is 5.41 Å². The Balaban J connectivity index is 2.52. The zero-order chi connectivity index (χ0) is 12.2. The summed E-state index contributed by atoms with van der Waals surface area (Å²) in [5.41, 5.74) is 6.83. The monoisotopic (exact) mass is 239 g/mol. The van der Waals surface area contributed by atoms with Crippen LogP contribution in [0.5, 0.6) is 0 Å². The first-order chi connectivity index (χ1) is 7.39. The molecule has 0 saturated carbocycles. The summed E-state index contributed by atoms with van der Waals surface area (Å²) in [6.07, 6.45) is -0.0626. The first-order valence-electron chi connectivity index (χ1n) is 5.56. The normalized spacial score (nSPS) is 13.8. The number of aliphatic hydroxyl groups is 1. The molecule has 0 aliphatic carbocycles. The zero-order valence-corrected chi connectivity index (χ0v) is 11.1. The Kier molecular flexibility index (Phi) is 4.84. The second-order valence-corrected chi connectivity index (χ2v) is 6.15. The van der Waals surface area contributed by atoms with Crippen molar-refractivity contribution >= 4 is 11.8 Å². The number of thioether (sulfide) groups is 1. The van der Waals surface area contributed by atoms with Gasteiger partial charge in [-0.1, -0.05) is 32.9 Å². The molecule has 0 aliphatic rings. The summed E-state index contributed by atoms with van der Waals surface area (Å²) in [7, 11) is 0. The van der Waals surface area contributed by atoms with Gasteiger partial charge in [0.05, 0.1) is 0 Å². The summed E-state index contributed by atoms with van der Waals surface area (Å²) < 4.78 is 0. The van der Waals surface area contributed by atoms with E-state index in [4.69, 9.17) is 10.8 Å². The van der Waals surface area contributed by atoms with Gasteiger partial charge in [-0.15, -0.1) is 11.8 Å². The quantitative estimate of drug-likeness (QED) is 0.627. The van der Waals surface area contributed by atoms with Crippen molar-refractivity contribution in [2.75, 3.05) is 5.75 Å². The second kappa shape index (κ2) is 5.71. The number of benzene rings is 1. The average Bonchev–Trinajstić information content (AvgIpc) is 2.16. The molecule has 3 heteroatoms. The van der Waals surface area contributed by atoms with Gasteiger partial charge in [0, 0.05) is 10.6 Å². The summed E-state index contributed by atoms with van der Waals surface area (Å²) in [6, 6.07) is 8.60. The molecular formula is C13H21NOS. The third-order valence-corrected chi connectivity index (χ3v) is 3.45. The van der Waals surface area contributed by atoms with Crippen LogP contribution in [0.2, 0.25) is 0 Å². The minimum Gasteiger partial charge on any atom is -0.379 e. The minimum absolute atomic E-state index is 0.205. The standard InChI is InChI=1S/C13H21NOS/c1-13(2,3)10-4-6-11(7-5-10)16-9-8-12(14)15/h4-7,12,15H,8-9,14H2,1-3H3. The van der Waals surface area contributed by atoms with Crippen LogP contribution in [0.15, 0.2) is 29.2 Å². The first-order valence-corrected chi connectivity index (χ1v) is 6.55. The van der Waals surface area contributed by atoms with Crippen LogP contribution in [-0.4, -0.2) is 17.1 Å². The number of rotatable bonds is 4. The molecule has 3 N–H and O–H groups in total. The van der Waals surface area contributed by atoms with E-state index in [1.165, 1.54) is 10.5 Å². The third kappa shape index (κ3) is 4.56. The topological polar surface area (TPSA) is 46.2 Å². The Morgan fingerprint density at radius 1 is 1.25 bits per heavy atom. The molecule has 1 unspecified atom stereocenters. The van der Waals surface area contributed by atoms with Gasteiger partial charge in [0.1, 0.15) is 6.23 Å². The molecule has 1 atom stereocenters. The predicted molar refractivity (Wildman–Crippen MR) is 70.7 cm³/mol. The summed E-state index contributed by atoms with van der Waals surface area (Å²) in [6.45, 7) is 6.62. The van der Waals surface area contributed by atoms with Crippen LogP contribution in [0.25, 0.3) is 0 Å². The van der Waals surface area contributed by atoms with Crippen LogP contribution >= 0.6 is 11.8 Å². The molecule has 1 aromatic carbocycles. The largest absolute Gasteiger partial charge is 0.379 e. The van der Waals surface area contributed by atoms with E-state index in [9.17, 15) is 0 Å². The Hall–Kier alpha value is -0.510. The number of hydrogen-bond acceptors (Lipinski definition) is 3. The summed E-state index contributed by atoms with van der Waals surface area (Å²) in [4.78, 5) is 1.23. The van der Waals surface area contributed by atoms with E-state index >= 15 is 0 Å². The maximum absolute atomic E-state index is 8.95. The maximum atomic E-state index is 8.95. The fraction of sp³-hybridized carbons (Fsp3) is 0.538. The van der Waals surface area contributed by atoms with E-state index in [1.807, 2.05) is 0 Å². The lowest BCUT2D eigenvalue weighted by Gasteiger charge is -2.19. The van der Waals surface area contributed by atoms with Crippen molar-refractivity contribution < 1.29 is 5.11 Å². The molecule has 0 spiro atoms. The molecular weight excluding hydrogens is 218 g/mol. The van der Waals surface area contributed by atoms with E-state index in [2.05, 4.69) is 45.0 Å². The van der Waals surface area contributed by atoms with Crippen LogP contribution < -0.4 is 5.73 Å². The highest BCUT2D eigenvalue weighted by atomic mass is 32.2. The molecule has 2 nitrogen and oxygen atoms in total. The highest BCUT2D eigenvalue weighted by Gasteiger charge is 2.12. The van der Waals surface area contributed by atoms with Gasteiger partial charge in [0.25, 0.3) is 0 Å². The van der Waals surface area contributed by atoms with Crippen molar-refractivity contribution in [3.8, 4) is 0 Å². The molecule has 0 saturated heterocycles. The Morgan fingerprint density at radius 2 is 1.81 bits per heavy atom. The SMILES string of the molecule is CC(C)(C)c1ccc(SCCC(N)O)cc1. The van der Waals surface area contributed by atoms with Gasteiger partial charge in [-0.2, -0.15) is 0 Å². The molecule has 16 heavy (non-hydrogen) atoms. The van der Waals surface area contributed by atoms with Crippen molar-refractivity contribution in [1.82, 2.24) is 0 Å². The lowest BCUT2D eigenvalue weighted by atomic mass is 9.87. The average molecular weight is 239 g/mol. The van der Waals surface area contributed by atoms with Crippen LogP contribution in [0.1, 0.15) is 32.8 Å². The van der Waals surface area contributed by atoms with Gasteiger partial charge in [-0.05, 0) is 29.5 Å². The third-order valence-electron chi connectivity index (χ3n) is 2.40. The van der Waals surface area contributed by atoms with Gasteiger partial charge in [0.15, 0.2) is 0 Å². The molecule has 0 fully saturated rings. The zero-order valence-electron chi connectivity index (χ0n) is 10.2. The van der Waals surface area contributed by atoms with Gasteiger partial charge in [0.2, 0.25) is 0 Å². The highest BCUT2D eigenvalue weighted by molar-refractivity contribution is 7.99. The van der Waals surface area contributed by atoms with Gasteiger partial charge >= 0.3 is 0 Å². The molecule has 90 valence electrons. The molecule has 0 bridgehead atoms. The summed E-state index contributed by atoms with van der Waals surface area (Å²) in [5, 5.41) is 8.95. The first kappa shape index (κ1) is 13.6. The molecule has 1 rings (SSSR count). The van der Waals surface area contributed by atoms with Crippen LogP contribution in [0.3, 0.4) is 0 Å². The Bertz CT molecular complexity index is 314. The highest BCUT2D eigenvalue weighted by Crippen LogP contribution is 2.25. The fourth-order valence-corrected chi connectivity index (χ4v) is 2.27. The van der Waals surface area contributed by atoms with Crippen molar-refractivity contribution in [3.05, 3.63) is 29.8 Å². The van der Waals surface area contributed by atoms with Gasteiger partial charge in [-0.3, -0.25) is 0 Å². The number of nitrogens with two attached hydrogens (primary N) is 1. The van der Waals surface area contributed by atoms with Crippen molar-refractivity contribution in [2.24, 2.45) is 5.73 Å². The van der Waals surface area contributed by atoms with E-state index < -0.39 is 6.23 Å². The van der Waals surface area contributed by atoms with E-state index in [0.29, 0.717) is 6.42 Å². The van der Waals surface area contributed by atoms with Crippen molar-refractivity contribution in [3.63, 3.8) is 0 Å². The lowest BCUT2D eigenvalue weighted by molar-refractivity contribution is 0.179. The van der Waals surface area contributed by atoms with Crippen LogP contribution in [0, 0.1) is 0 Å². The van der Waals surface area contributed by atoms with E-state index in [1.54, 1.807) is 11.8 Å². The van der Waals surface area contributed by atoms with E-state index in [0.717, 1.165) is 5.75 Å². The molecule has 0 aliphatic heterocycles. The van der Waals surface area contributed by atoms with Crippen molar-refractivity contribution in [1.29, 1.82) is 0 Å². The number of aliphatic hydroxyl groups excluding tert-OH is 1.